The monoisotopic (exact) mass is 264 g/mol. The average Bonchev–Trinajstić information content (AvgIpc) is 2.86. The molecule has 0 aliphatic rings. The highest BCUT2D eigenvalue weighted by Crippen LogP contribution is 2.21. The summed E-state index contributed by atoms with van der Waals surface area (Å²) in [6, 6.07) is 13.6. The lowest BCUT2D eigenvalue weighted by Gasteiger charge is -2.07. The number of benzene rings is 1. The molecule has 2 heterocycles. The molecular weight excluding hydrogens is 252 g/mol. The molecule has 3 rings (SSSR count). The second-order valence-corrected chi connectivity index (χ2v) is 4.24. The summed E-state index contributed by atoms with van der Waals surface area (Å²) < 4.78 is 7.01. The van der Waals surface area contributed by atoms with E-state index in [9.17, 15) is 0 Å². The largest absolute Gasteiger partial charge is 0.495 e. The molecule has 5 heteroatoms. The number of nitriles is 1. The van der Waals surface area contributed by atoms with Gasteiger partial charge in [-0.3, -0.25) is 4.57 Å². The van der Waals surface area contributed by atoms with E-state index in [-0.39, 0.29) is 6.42 Å². The van der Waals surface area contributed by atoms with Crippen LogP contribution in [0.3, 0.4) is 0 Å². The molecule has 3 aromatic rings. The molecule has 0 N–H and O–H groups in total. The summed E-state index contributed by atoms with van der Waals surface area (Å²) in [5.74, 6) is 2.11. The number of hydrogen-bond acceptors (Lipinski definition) is 4. The number of fused-ring (bicyclic) bond motifs is 1. The standard InChI is InChI=1S/C15H12N4O/c1-20-11-6-7-14(17-10-11)19-13-5-3-2-4-12(13)18-15(19)8-9-16/h2-7,10H,8H2,1H3. The van der Waals surface area contributed by atoms with Crippen molar-refractivity contribution in [3.63, 3.8) is 0 Å². The van der Waals surface area contributed by atoms with E-state index in [1.54, 1.807) is 13.3 Å². The Morgan fingerprint density at radius 3 is 2.80 bits per heavy atom. The molecule has 2 aromatic heterocycles. The molecule has 0 saturated carbocycles. The van der Waals surface area contributed by atoms with Crippen LogP contribution in [0, 0.1) is 11.3 Å². The zero-order valence-electron chi connectivity index (χ0n) is 10.9. The number of aromatic nitrogens is 3. The number of methoxy groups -OCH3 is 1. The summed E-state index contributed by atoms with van der Waals surface area (Å²) in [6.45, 7) is 0. The van der Waals surface area contributed by atoms with Crippen molar-refractivity contribution in [2.24, 2.45) is 0 Å². The molecular formula is C15H12N4O. The summed E-state index contributed by atoms with van der Waals surface area (Å²) >= 11 is 0. The fourth-order valence-electron chi connectivity index (χ4n) is 2.15. The number of pyridine rings is 1. The number of ether oxygens (including phenoxy) is 1. The number of hydrogen-bond donors (Lipinski definition) is 0. The van der Waals surface area contributed by atoms with E-state index in [4.69, 9.17) is 10.00 Å². The van der Waals surface area contributed by atoms with E-state index in [0.29, 0.717) is 11.6 Å². The fraction of sp³-hybridized carbons (Fsp3) is 0.133. The van der Waals surface area contributed by atoms with Crippen molar-refractivity contribution in [2.45, 2.75) is 6.42 Å². The molecule has 0 radical (unpaired) electrons. The van der Waals surface area contributed by atoms with Crippen LogP contribution in [0.15, 0.2) is 42.6 Å². The van der Waals surface area contributed by atoms with Crippen LogP contribution in [0.2, 0.25) is 0 Å². The molecule has 98 valence electrons. The van der Waals surface area contributed by atoms with Crippen LogP contribution < -0.4 is 4.74 Å². The first kappa shape index (κ1) is 12.2. The van der Waals surface area contributed by atoms with Crippen LogP contribution in [0.1, 0.15) is 5.82 Å². The molecule has 1 aromatic carbocycles. The van der Waals surface area contributed by atoms with Crippen molar-refractivity contribution in [2.75, 3.05) is 7.11 Å². The Kier molecular flexibility index (Phi) is 3.05. The van der Waals surface area contributed by atoms with Crippen molar-refractivity contribution >= 4 is 11.0 Å². The minimum absolute atomic E-state index is 0.238. The Bertz CT molecular complexity index is 784. The maximum atomic E-state index is 8.95. The molecule has 0 aliphatic carbocycles. The molecule has 0 amide bonds. The third kappa shape index (κ3) is 1.97. The van der Waals surface area contributed by atoms with Gasteiger partial charge in [0, 0.05) is 0 Å². The number of imidazole rings is 1. The van der Waals surface area contributed by atoms with Crippen molar-refractivity contribution in [1.82, 2.24) is 14.5 Å². The van der Waals surface area contributed by atoms with Gasteiger partial charge in [0.25, 0.3) is 0 Å². The van der Waals surface area contributed by atoms with Gasteiger partial charge < -0.3 is 4.74 Å². The van der Waals surface area contributed by atoms with Gasteiger partial charge in [0.15, 0.2) is 0 Å². The summed E-state index contributed by atoms with van der Waals surface area (Å²) in [4.78, 5) is 8.86. The predicted molar refractivity (Wildman–Crippen MR) is 74.7 cm³/mol. The maximum Gasteiger partial charge on any atom is 0.138 e. The Hall–Kier alpha value is -2.87. The fourth-order valence-corrected chi connectivity index (χ4v) is 2.15. The van der Waals surface area contributed by atoms with Gasteiger partial charge in [0.05, 0.1) is 36.8 Å². The third-order valence-electron chi connectivity index (χ3n) is 3.05. The van der Waals surface area contributed by atoms with E-state index in [2.05, 4.69) is 16.0 Å². The zero-order valence-corrected chi connectivity index (χ0v) is 10.9. The average molecular weight is 264 g/mol. The lowest BCUT2D eigenvalue weighted by Crippen LogP contribution is -2.02. The molecule has 20 heavy (non-hydrogen) atoms. The van der Waals surface area contributed by atoms with E-state index in [1.165, 1.54) is 0 Å². The van der Waals surface area contributed by atoms with E-state index in [1.807, 2.05) is 41.0 Å². The zero-order chi connectivity index (χ0) is 13.9. The van der Waals surface area contributed by atoms with Crippen molar-refractivity contribution in [1.29, 1.82) is 5.26 Å². The lowest BCUT2D eigenvalue weighted by molar-refractivity contribution is 0.413. The Morgan fingerprint density at radius 1 is 1.25 bits per heavy atom. The first-order valence-corrected chi connectivity index (χ1v) is 6.17. The molecule has 0 aliphatic heterocycles. The Labute approximate surface area is 116 Å². The molecule has 0 saturated heterocycles. The second kappa shape index (κ2) is 5.02. The minimum Gasteiger partial charge on any atom is -0.495 e. The van der Waals surface area contributed by atoms with E-state index in [0.717, 1.165) is 16.9 Å². The molecule has 0 unspecified atom stereocenters. The van der Waals surface area contributed by atoms with Crippen molar-refractivity contribution in [3.8, 4) is 17.6 Å². The van der Waals surface area contributed by atoms with E-state index < -0.39 is 0 Å². The summed E-state index contributed by atoms with van der Waals surface area (Å²) in [6.07, 6.45) is 1.89. The highest BCUT2D eigenvalue weighted by molar-refractivity contribution is 5.77. The Morgan fingerprint density at radius 2 is 2.10 bits per heavy atom. The molecule has 5 nitrogen and oxygen atoms in total. The van der Waals surface area contributed by atoms with Crippen LogP contribution in [0.4, 0.5) is 0 Å². The van der Waals surface area contributed by atoms with Crippen molar-refractivity contribution in [3.05, 3.63) is 48.4 Å². The summed E-state index contributed by atoms with van der Waals surface area (Å²) in [5, 5.41) is 8.95. The summed E-state index contributed by atoms with van der Waals surface area (Å²) in [5.41, 5.74) is 1.80. The highest BCUT2D eigenvalue weighted by Gasteiger charge is 2.12. The normalized spacial score (nSPS) is 10.4. The van der Waals surface area contributed by atoms with Crippen LogP contribution >= 0.6 is 0 Å². The van der Waals surface area contributed by atoms with Crippen LogP contribution in [0.25, 0.3) is 16.9 Å². The van der Waals surface area contributed by atoms with Gasteiger partial charge in [-0.2, -0.15) is 5.26 Å². The quantitative estimate of drug-likeness (QED) is 0.729. The van der Waals surface area contributed by atoms with Gasteiger partial charge in [0.1, 0.15) is 17.4 Å². The Balaban J connectivity index is 2.21. The first-order valence-electron chi connectivity index (χ1n) is 6.17. The van der Waals surface area contributed by atoms with Gasteiger partial charge in [-0.15, -0.1) is 0 Å². The van der Waals surface area contributed by atoms with Gasteiger partial charge in [-0.25, -0.2) is 9.97 Å². The molecule has 0 atom stereocenters. The molecule has 0 spiro atoms. The maximum absolute atomic E-state index is 8.95. The topological polar surface area (TPSA) is 63.7 Å². The lowest BCUT2D eigenvalue weighted by atomic mass is 10.3. The third-order valence-corrected chi connectivity index (χ3v) is 3.05. The van der Waals surface area contributed by atoms with Crippen molar-refractivity contribution < 1.29 is 4.74 Å². The highest BCUT2D eigenvalue weighted by atomic mass is 16.5. The van der Waals surface area contributed by atoms with E-state index >= 15 is 0 Å². The molecule has 0 bridgehead atoms. The van der Waals surface area contributed by atoms with Gasteiger partial charge in [0.2, 0.25) is 0 Å². The van der Waals surface area contributed by atoms with Gasteiger partial charge >= 0.3 is 0 Å². The second-order valence-electron chi connectivity index (χ2n) is 4.24. The van der Waals surface area contributed by atoms with Crippen LogP contribution in [-0.4, -0.2) is 21.6 Å². The first-order chi connectivity index (χ1) is 9.83. The number of para-hydroxylation sites is 2. The smallest absolute Gasteiger partial charge is 0.138 e. The minimum atomic E-state index is 0.238. The van der Waals surface area contributed by atoms with Crippen LogP contribution in [-0.2, 0) is 6.42 Å². The molecule has 0 fully saturated rings. The summed E-state index contributed by atoms with van der Waals surface area (Å²) in [7, 11) is 1.60. The number of rotatable bonds is 3. The van der Waals surface area contributed by atoms with Crippen LogP contribution in [0.5, 0.6) is 5.75 Å². The SMILES string of the molecule is COc1ccc(-n2c(CC#N)nc3ccccc32)nc1. The van der Waals surface area contributed by atoms with Gasteiger partial charge in [-0.05, 0) is 24.3 Å². The van der Waals surface area contributed by atoms with Gasteiger partial charge in [-0.1, -0.05) is 12.1 Å². The predicted octanol–water partition coefficient (Wildman–Crippen LogP) is 2.50. The number of nitrogens with zero attached hydrogens (tertiary/aromatic N) is 4.